The predicted molar refractivity (Wildman–Crippen MR) is 69.3 cm³/mol. The number of hydrogen-bond donors (Lipinski definition) is 2. The number of fused-ring (bicyclic) bond motifs is 1. The molecule has 2 aliphatic rings. The van der Waals surface area contributed by atoms with Gasteiger partial charge in [-0.05, 0) is 31.9 Å². The molecule has 1 fully saturated rings. The smallest absolute Gasteiger partial charge is 0.254 e. The van der Waals surface area contributed by atoms with E-state index in [2.05, 4.69) is 17.3 Å². The van der Waals surface area contributed by atoms with Crippen molar-refractivity contribution < 1.29 is 4.79 Å². The van der Waals surface area contributed by atoms with Crippen LogP contribution in [0.1, 0.15) is 33.6 Å². The Hall–Kier alpha value is -1.07. The molecule has 2 heterocycles. The monoisotopic (exact) mass is 251 g/mol. The zero-order valence-corrected chi connectivity index (χ0v) is 10.8. The Morgan fingerprint density at radius 3 is 3.00 bits per heavy atom. The number of thiophene rings is 1. The minimum Gasteiger partial charge on any atom is -0.390 e. The molecule has 1 aliphatic carbocycles. The SMILES string of the molecule is CN1CCc2c(sc(N)c2C(=O)NC2CC2)C1. The molecule has 0 atom stereocenters. The second kappa shape index (κ2) is 3.99. The molecule has 0 radical (unpaired) electrons. The number of carbonyl (C=O) groups is 1. The van der Waals surface area contributed by atoms with Crippen LogP contribution in [0.25, 0.3) is 0 Å². The highest BCUT2D eigenvalue weighted by Gasteiger charge is 2.29. The molecule has 0 spiro atoms. The lowest BCUT2D eigenvalue weighted by Crippen LogP contribution is -2.30. The Bertz CT molecular complexity index is 465. The summed E-state index contributed by atoms with van der Waals surface area (Å²) in [7, 11) is 2.10. The molecule has 1 saturated carbocycles. The summed E-state index contributed by atoms with van der Waals surface area (Å²) >= 11 is 1.57. The Kier molecular flexibility index (Phi) is 2.60. The number of carbonyl (C=O) groups excluding carboxylic acids is 1. The third-order valence-corrected chi connectivity index (χ3v) is 4.46. The molecule has 5 heteroatoms. The van der Waals surface area contributed by atoms with Gasteiger partial charge in [-0.15, -0.1) is 11.3 Å². The number of rotatable bonds is 2. The van der Waals surface area contributed by atoms with Crippen molar-refractivity contribution in [3.8, 4) is 0 Å². The summed E-state index contributed by atoms with van der Waals surface area (Å²) in [4.78, 5) is 15.7. The van der Waals surface area contributed by atoms with E-state index in [1.807, 2.05) is 0 Å². The Morgan fingerprint density at radius 1 is 1.53 bits per heavy atom. The molecule has 3 N–H and O–H groups in total. The second-order valence-electron chi connectivity index (χ2n) is 4.98. The molecule has 1 amide bonds. The summed E-state index contributed by atoms with van der Waals surface area (Å²) in [5.41, 5.74) is 7.94. The second-order valence-corrected chi connectivity index (χ2v) is 6.12. The van der Waals surface area contributed by atoms with Crippen LogP contribution in [-0.2, 0) is 13.0 Å². The van der Waals surface area contributed by atoms with Crippen LogP contribution in [0.2, 0.25) is 0 Å². The van der Waals surface area contributed by atoms with E-state index in [-0.39, 0.29) is 5.91 Å². The zero-order valence-electron chi connectivity index (χ0n) is 9.95. The highest BCUT2D eigenvalue weighted by Crippen LogP contribution is 2.35. The average Bonchev–Trinajstić information content (AvgIpc) is 2.99. The summed E-state index contributed by atoms with van der Waals surface area (Å²) in [5.74, 6) is 0.0343. The molecule has 1 aliphatic heterocycles. The molecular weight excluding hydrogens is 234 g/mol. The van der Waals surface area contributed by atoms with E-state index in [0.29, 0.717) is 11.0 Å². The molecule has 1 aromatic heterocycles. The van der Waals surface area contributed by atoms with E-state index in [1.165, 1.54) is 10.4 Å². The maximum absolute atomic E-state index is 12.1. The van der Waals surface area contributed by atoms with Gasteiger partial charge in [-0.3, -0.25) is 4.79 Å². The quantitative estimate of drug-likeness (QED) is 0.830. The molecular formula is C12H17N3OS. The van der Waals surface area contributed by atoms with Crippen molar-refractivity contribution in [2.45, 2.75) is 31.8 Å². The zero-order chi connectivity index (χ0) is 12.0. The van der Waals surface area contributed by atoms with Crippen LogP contribution in [0, 0.1) is 0 Å². The highest BCUT2D eigenvalue weighted by atomic mass is 32.1. The predicted octanol–water partition coefficient (Wildman–Crippen LogP) is 1.21. The fourth-order valence-electron chi connectivity index (χ4n) is 2.29. The Balaban J connectivity index is 1.90. The van der Waals surface area contributed by atoms with Gasteiger partial charge in [0.1, 0.15) is 0 Å². The molecule has 0 unspecified atom stereocenters. The van der Waals surface area contributed by atoms with Crippen LogP contribution >= 0.6 is 11.3 Å². The molecule has 92 valence electrons. The van der Waals surface area contributed by atoms with E-state index in [9.17, 15) is 4.79 Å². The number of hydrogen-bond acceptors (Lipinski definition) is 4. The molecule has 1 aromatic rings. The third-order valence-electron chi connectivity index (χ3n) is 3.41. The number of amides is 1. The van der Waals surface area contributed by atoms with Crippen molar-refractivity contribution in [1.82, 2.24) is 10.2 Å². The van der Waals surface area contributed by atoms with Gasteiger partial charge >= 0.3 is 0 Å². The molecule has 3 rings (SSSR count). The first-order valence-electron chi connectivity index (χ1n) is 6.04. The van der Waals surface area contributed by atoms with Gasteiger partial charge in [-0.25, -0.2) is 0 Å². The van der Waals surface area contributed by atoms with Crippen molar-refractivity contribution in [3.63, 3.8) is 0 Å². The lowest BCUT2D eigenvalue weighted by molar-refractivity contribution is 0.0951. The van der Waals surface area contributed by atoms with Crippen molar-refractivity contribution in [2.75, 3.05) is 19.3 Å². The number of nitrogens with zero attached hydrogens (tertiary/aromatic N) is 1. The summed E-state index contributed by atoms with van der Waals surface area (Å²) in [6.07, 6.45) is 3.16. The molecule has 0 aromatic carbocycles. The first-order valence-corrected chi connectivity index (χ1v) is 6.86. The van der Waals surface area contributed by atoms with Crippen LogP contribution in [0.5, 0.6) is 0 Å². The van der Waals surface area contributed by atoms with E-state index >= 15 is 0 Å². The van der Waals surface area contributed by atoms with Gasteiger partial charge in [-0.1, -0.05) is 0 Å². The number of likely N-dealkylation sites (N-methyl/N-ethyl adjacent to an activating group) is 1. The number of anilines is 1. The topological polar surface area (TPSA) is 58.4 Å². The van der Waals surface area contributed by atoms with Gasteiger partial charge in [-0.2, -0.15) is 0 Å². The van der Waals surface area contributed by atoms with Gasteiger partial charge in [0.05, 0.1) is 10.6 Å². The van der Waals surface area contributed by atoms with Crippen LogP contribution < -0.4 is 11.1 Å². The van der Waals surface area contributed by atoms with Crippen LogP contribution in [0.3, 0.4) is 0 Å². The average molecular weight is 251 g/mol. The summed E-state index contributed by atoms with van der Waals surface area (Å²) in [6, 6.07) is 0.392. The highest BCUT2D eigenvalue weighted by molar-refractivity contribution is 7.16. The van der Waals surface area contributed by atoms with Crippen LogP contribution in [0.15, 0.2) is 0 Å². The van der Waals surface area contributed by atoms with Crippen LogP contribution in [0.4, 0.5) is 5.00 Å². The normalized spacial score (nSPS) is 20.1. The van der Waals surface area contributed by atoms with Gasteiger partial charge < -0.3 is 16.0 Å². The van der Waals surface area contributed by atoms with Gasteiger partial charge in [0.15, 0.2) is 0 Å². The molecule has 0 bridgehead atoms. The first-order chi connectivity index (χ1) is 8.15. The Morgan fingerprint density at radius 2 is 2.29 bits per heavy atom. The number of nitrogens with two attached hydrogens (primary N) is 1. The van der Waals surface area contributed by atoms with E-state index in [0.717, 1.165) is 37.9 Å². The van der Waals surface area contributed by atoms with Crippen molar-refractivity contribution >= 4 is 22.2 Å². The number of nitrogens with one attached hydrogen (secondary N) is 1. The summed E-state index contributed by atoms with van der Waals surface area (Å²) in [6.45, 7) is 1.92. The fraction of sp³-hybridized carbons (Fsp3) is 0.583. The lowest BCUT2D eigenvalue weighted by atomic mass is 10.0. The largest absolute Gasteiger partial charge is 0.390 e. The molecule has 4 nitrogen and oxygen atoms in total. The molecule has 17 heavy (non-hydrogen) atoms. The van der Waals surface area contributed by atoms with Crippen molar-refractivity contribution in [2.24, 2.45) is 0 Å². The molecule has 0 saturated heterocycles. The Labute approximate surface area is 105 Å². The minimum absolute atomic E-state index is 0.0343. The standard InChI is InChI=1S/C12H17N3OS/c1-15-5-4-8-9(6-15)17-11(13)10(8)12(16)14-7-2-3-7/h7H,2-6,13H2,1H3,(H,14,16). The van der Waals surface area contributed by atoms with E-state index in [4.69, 9.17) is 5.73 Å². The van der Waals surface area contributed by atoms with E-state index < -0.39 is 0 Å². The number of nitrogen functional groups attached to an aromatic ring is 1. The third kappa shape index (κ3) is 2.05. The minimum atomic E-state index is 0.0343. The maximum Gasteiger partial charge on any atom is 0.254 e. The fourth-order valence-corrected chi connectivity index (χ4v) is 3.48. The van der Waals surface area contributed by atoms with Gasteiger partial charge in [0.2, 0.25) is 0 Å². The lowest BCUT2D eigenvalue weighted by Gasteiger charge is -2.22. The first kappa shape index (κ1) is 11.0. The summed E-state index contributed by atoms with van der Waals surface area (Å²) < 4.78 is 0. The summed E-state index contributed by atoms with van der Waals surface area (Å²) in [5, 5.41) is 3.72. The van der Waals surface area contributed by atoms with Gasteiger partial charge in [0.25, 0.3) is 5.91 Å². The van der Waals surface area contributed by atoms with Crippen molar-refractivity contribution in [3.05, 3.63) is 16.0 Å². The van der Waals surface area contributed by atoms with Crippen molar-refractivity contribution in [1.29, 1.82) is 0 Å². The van der Waals surface area contributed by atoms with E-state index in [1.54, 1.807) is 11.3 Å². The maximum atomic E-state index is 12.1. The van der Waals surface area contributed by atoms with Crippen LogP contribution in [-0.4, -0.2) is 30.4 Å². The van der Waals surface area contributed by atoms with Gasteiger partial charge in [0, 0.05) is 24.0 Å².